The van der Waals surface area contributed by atoms with Gasteiger partial charge in [-0.2, -0.15) is 0 Å². The molecule has 2 aliphatic carbocycles. The largest absolute Gasteiger partial charge is 0.496 e. The molecular formula is C41H62N2O2. The molecule has 2 aromatic rings. The van der Waals surface area contributed by atoms with E-state index in [0.29, 0.717) is 30.1 Å². The van der Waals surface area contributed by atoms with Gasteiger partial charge in [0.15, 0.2) is 5.78 Å². The van der Waals surface area contributed by atoms with Crippen molar-refractivity contribution in [1.29, 1.82) is 0 Å². The van der Waals surface area contributed by atoms with E-state index in [1.807, 2.05) is 26.0 Å². The molecule has 0 N–H and O–H groups in total. The predicted molar refractivity (Wildman–Crippen MR) is 190 cm³/mol. The number of ether oxygens (including phenoxy) is 1. The number of aryl methyl sites for hydroxylation is 1. The van der Waals surface area contributed by atoms with E-state index >= 15 is 0 Å². The Balaban J connectivity index is 0.00000147. The first-order valence-electron chi connectivity index (χ1n) is 18.2. The average molecular weight is 615 g/mol. The number of fused-ring (bicyclic) bond motifs is 4. The van der Waals surface area contributed by atoms with Crippen LogP contribution < -0.4 is 4.74 Å². The van der Waals surface area contributed by atoms with Crippen LogP contribution in [0, 0.1) is 30.1 Å². The van der Waals surface area contributed by atoms with Crippen molar-refractivity contribution in [2.45, 2.75) is 117 Å². The van der Waals surface area contributed by atoms with Crippen molar-refractivity contribution < 1.29 is 12.4 Å². The molecule has 0 radical (unpaired) electrons. The summed E-state index contributed by atoms with van der Waals surface area (Å²) in [6.45, 7) is 13.8. The van der Waals surface area contributed by atoms with Gasteiger partial charge in [0.05, 0.1) is 7.11 Å². The highest BCUT2D eigenvalue weighted by Crippen LogP contribution is 2.52. The number of carbonyl (C=O) groups excluding carboxylic acids is 1. The minimum absolute atomic E-state index is 0. The summed E-state index contributed by atoms with van der Waals surface area (Å²) in [6, 6.07) is 10.5. The summed E-state index contributed by atoms with van der Waals surface area (Å²) in [6.07, 6.45) is 18.3. The second-order valence-electron chi connectivity index (χ2n) is 14.3. The van der Waals surface area contributed by atoms with Crippen LogP contribution in [0.3, 0.4) is 0 Å². The molecule has 2 saturated carbocycles. The lowest BCUT2D eigenvalue weighted by Crippen LogP contribution is -2.38. The zero-order chi connectivity index (χ0) is 31.8. The van der Waals surface area contributed by atoms with Gasteiger partial charge in [0.25, 0.3) is 0 Å². The van der Waals surface area contributed by atoms with Crippen LogP contribution in [0.25, 0.3) is 0 Å². The molecule has 248 valence electrons. The van der Waals surface area contributed by atoms with Crippen LogP contribution in [0.1, 0.15) is 133 Å². The van der Waals surface area contributed by atoms with Gasteiger partial charge < -0.3 is 9.64 Å². The fourth-order valence-corrected chi connectivity index (χ4v) is 8.80. The zero-order valence-corrected chi connectivity index (χ0v) is 28.8. The van der Waals surface area contributed by atoms with E-state index in [1.54, 1.807) is 7.11 Å². The molecule has 3 saturated heterocycles. The number of benzene rings is 1. The molecular weight excluding hydrogens is 552 g/mol. The first kappa shape index (κ1) is 33.7. The summed E-state index contributed by atoms with van der Waals surface area (Å²) >= 11 is 0. The van der Waals surface area contributed by atoms with Gasteiger partial charge in [0.2, 0.25) is 0 Å². The molecule has 45 heavy (non-hydrogen) atoms. The number of methoxy groups -OCH3 is 1. The summed E-state index contributed by atoms with van der Waals surface area (Å²) in [5.74, 6) is 3.16. The van der Waals surface area contributed by atoms with Gasteiger partial charge in [-0.1, -0.05) is 70.7 Å². The molecule has 1 aromatic carbocycles. The Bertz CT molecular complexity index is 1350. The number of ketones is 1. The Hall–Kier alpha value is -2.68. The minimum atomic E-state index is 0. The standard InChI is InChI=1S/C39H52N2O2.C2H6.2H2/c1-4-35(39(18-8-19-39)20-16-29-9-5-6-10-29)23-31-14-15-36(40-28(31)2)24-33-13-12-32(26-38(33)43-3)37(42)25-34-27-41-21-7-11-30(34)17-22-41;1-2;;/h12-15,26,29-30,34H,1,5-11,16-25,27H2,2-3H3;1-2H3;2*1H. The van der Waals surface area contributed by atoms with Crippen molar-refractivity contribution in [2.75, 3.05) is 26.7 Å². The van der Waals surface area contributed by atoms with Gasteiger partial charge in [-0.3, -0.25) is 9.78 Å². The monoisotopic (exact) mass is 614 g/mol. The van der Waals surface area contributed by atoms with Crippen molar-refractivity contribution in [2.24, 2.45) is 23.2 Å². The first-order valence-corrected chi connectivity index (χ1v) is 18.2. The van der Waals surface area contributed by atoms with Crippen LogP contribution in [-0.4, -0.2) is 42.4 Å². The average Bonchev–Trinajstić information content (AvgIpc) is 3.37. The molecule has 0 spiro atoms. The van der Waals surface area contributed by atoms with E-state index in [1.165, 1.54) is 101 Å². The summed E-state index contributed by atoms with van der Waals surface area (Å²) in [7, 11) is 1.71. The van der Waals surface area contributed by atoms with Crippen LogP contribution in [0.4, 0.5) is 0 Å². The Morgan fingerprint density at radius 2 is 1.82 bits per heavy atom. The topological polar surface area (TPSA) is 42.4 Å². The fourth-order valence-electron chi connectivity index (χ4n) is 8.80. The number of allylic oxidation sites excluding steroid dienone is 1. The van der Waals surface area contributed by atoms with Gasteiger partial charge in [-0.15, -0.1) is 5.73 Å². The smallest absolute Gasteiger partial charge is 0.163 e. The molecule has 4 nitrogen and oxygen atoms in total. The van der Waals surface area contributed by atoms with Crippen LogP contribution in [0.2, 0.25) is 0 Å². The van der Waals surface area contributed by atoms with Gasteiger partial charge in [0, 0.05) is 51.2 Å². The van der Waals surface area contributed by atoms with Gasteiger partial charge in [-0.25, -0.2) is 0 Å². The first-order chi connectivity index (χ1) is 22.0. The van der Waals surface area contributed by atoms with Crippen molar-refractivity contribution >= 4 is 5.78 Å². The molecule has 4 heteroatoms. The molecule has 5 aliphatic rings. The number of nitrogens with zero attached hydrogens (tertiary/aromatic N) is 2. The lowest BCUT2D eigenvalue weighted by atomic mass is 9.60. The molecule has 1 aromatic heterocycles. The van der Waals surface area contributed by atoms with Crippen LogP contribution in [0.5, 0.6) is 5.75 Å². The number of aromatic nitrogens is 1. The van der Waals surface area contributed by atoms with E-state index < -0.39 is 0 Å². The predicted octanol–water partition coefficient (Wildman–Crippen LogP) is 10.2. The number of pyridine rings is 1. The second kappa shape index (κ2) is 15.7. The number of hydrogen-bond donors (Lipinski definition) is 0. The lowest BCUT2D eigenvalue weighted by molar-refractivity contribution is 0.0878. The molecule has 5 fully saturated rings. The van der Waals surface area contributed by atoms with Crippen LogP contribution in [0.15, 0.2) is 48.2 Å². The molecule has 4 heterocycles. The van der Waals surface area contributed by atoms with Gasteiger partial charge >= 0.3 is 0 Å². The Morgan fingerprint density at radius 3 is 2.51 bits per heavy atom. The summed E-state index contributed by atoms with van der Waals surface area (Å²) < 4.78 is 5.80. The maximum Gasteiger partial charge on any atom is 0.163 e. The third-order valence-electron chi connectivity index (χ3n) is 11.7. The lowest BCUT2D eigenvalue weighted by Gasteiger charge is -2.44. The third-order valence-corrected chi connectivity index (χ3v) is 11.7. The Morgan fingerprint density at radius 1 is 1.04 bits per heavy atom. The number of Topliss-reactive ketones (excluding diaryl/α,β-unsaturated/α-hetero) is 1. The molecule has 3 unspecified atom stereocenters. The Kier molecular flexibility index (Phi) is 11.8. The molecule has 2 bridgehead atoms. The van der Waals surface area contributed by atoms with E-state index in [-0.39, 0.29) is 8.64 Å². The highest BCUT2D eigenvalue weighted by molar-refractivity contribution is 5.96. The molecule has 7 rings (SSSR count). The normalized spacial score (nSPS) is 23.7. The van der Waals surface area contributed by atoms with E-state index in [4.69, 9.17) is 9.72 Å². The van der Waals surface area contributed by atoms with E-state index in [2.05, 4.69) is 42.3 Å². The fraction of sp³-hybridized carbons (Fsp3) is 0.634. The zero-order valence-electron chi connectivity index (χ0n) is 28.8. The third kappa shape index (κ3) is 8.01. The SMILES string of the molecule is C=C=C(Cc1ccc(Cc2ccc(C(=O)CC3CN4CCCC3CC4)cc2OC)nc1C)C1(CCC2CCCC2)CCC1.CC.[HH].[HH]. The number of piperidine rings is 1. The maximum absolute atomic E-state index is 13.3. The molecule has 0 amide bonds. The molecule has 3 atom stereocenters. The second-order valence-corrected chi connectivity index (χ2v) is 14.3. The van der Waals surface area contributed by atoms with E-state index in [9.17, 15) is 4.79 Å². The number of hydrogen-bond acceptors (Lipinski definition) is 4. The number of carbonyl (C=O) groups is 1. The van der Waals surface area contributed by atoms with Gasteiger partial charge in [-0.05, 0) is 111 Å². The van der Waals surface area contributed by atoms with Crippen LogP contribution in [-0.2, 0) is 12.8 Å². The number of rotatable bonds is 12. The van der Waals surface area contributed by atoms with Crippen molar-refractivity contribution in [3.8, 4) is 5.75 Å². The highest BCUT2D eigenvalue weighted by atomic mass is 16.5. The maximum atomic E-state index is 13.3. The minimum Gasteiger partial charge on any atom is -0.496 e. The van der Waals surface area contributed by atoms with E-state index in [0.717, 1.165) is 47.1 Å². The Labute approximate surface area is 276 Å². The van der Waals surface area contributed by atoms with Gasteiger partial charge in [0.1, 0.15) is 5.75 Å². The summed E-state index contributed by atoms with van der Waals surface area (Å²) in [5.41, 5.74) is 10.4. The highest BCUT2D eigenvalue weighted by Gasteiger charge is 2.40. The van der Waals surface area contributed by atoms with Crippen molar-refractivity contribution in [3.05, 3.63) is 76.3 Å². The van der Waals surface area contributed by atoms with Crippen molar-refractivity contribution in [3.63, 3.8) is 0 Å². The summed E-state index contributed by atoms with van der Waals surface area (Å²) in [4.78, 5) is 20.9. The molecule has 3 aliphatic heterocycles. The quantitative estimate of drug-likeness (QED) is 0.176. The van der Waals surface area contributed by atoms with Crippen molar-refractivity contribution in [1.82, 2.24) is 9.88 Å². The summed E-state index contributed by atoms with van der Waals surface area (Å²) in [5, 5.41) is 0. The van der Waals surface area contributed by atoms with Crippen LogP contribution >= 0.6 is 0 Å².